The molecule has 0 radical (unpaired) electrons. The van der Waals surface area contributed by atoms with Crippen LogP contribution in [0.15, 0.2) is 0 Å². The molecule has 9 heteroatoms. The van der Waals surface area contributed by atoms with Crippen molar-refractivity contribution in [2.24, 2.45) is 11.3 Å². The molecule has 3 unspecified atom stereocenters. The lowest BCUT2D eigenvalue weighted by Crippen LogP contribution is -2.59. The Hall–Kier alpha value is -0.900. The molecule has 29 heavy (non-hydrogen) atoms. The number of carbonyl (C=O) groups excluding carboxylic acids is 1. The Labute approximate surface area is 170 Å². The van der Waals surface area contributed by atoms with Gasteiger partial charge in [-0.15, -0.1) is 0 Å². The fourth-order valence-electron chi connectivity index (χ4n) is 4.79. The number of likely N-dealkylation sites (tertiary alicyclic amines) is 1. The topological polar surface area (TPSA) is 71.0 Å². The minimum Gasteiger partial charge on any atom is -0.378 e. The molecule has 1 saturated carbocycles. The molecule has 3 atom stereocenters. The van der Waals surface area contributed by atoms with Crippen LogP contribution >= 0.6 is 0 Å². The van der Waals surface area contributed by atoms with Gasteiger partial charge in [0.25, 0.3) is 0 Å². The number of ether oxygens (including phenoxy) is 2. The van der Waals surface area contributed by atoms with Crippen LogP contribution in [0.4, 0.5) is 13.2 Å². The molecular weight excluding hydrogens is 389 g/mol. The van der Waals surface area contributed by atoms with Crippen molar-refractivity contribution in [2.75, 3.05) is 26.3 Å². The van der Waals surface area contributed by atoms with Gasteiger partial charge in [0.05, 0.1) is 37.4 Å². The highest BCUT2D eigenvalue weighted by Crippen LogP contribution is 2.43. The van der Waals surface area contributed by atoms with Gasteiger partial charge in [0.15, 0.2) is 0 Å². The number of rotatable bonds is 7. The normalized spacial score (nSPS) is 32.0. The first-order valence-corrected chi connectivity index (χ1v) is 10.6. The van der Waals surface area contributed by atoms with E-state index in [1.807, 2.05) is 0 Å². The summed E-state index contributed by atoms with van der Waals surface area (Å²) >= 11 is 0. The second-order valence-electron chi connectivity index (χ2n) is 9.02. The Bertz CT molecular complexity index is 545. The second-order valence-corrected chi connectivity index (χ2v) is 9.02. The lowest BCUT2D eigenvalue weighted by atomic mass is 9.72. The first kappa shape index (κ1) is 22.8. The predicted octanol–water partition coefficient (Wildman–Crippen LogP) is 2.45. The molecule has 0 spiro atoms. The van der Waals surface area contributed by atoms with E-state index in [0.29, 0.717) is 19.3 Å². The highest BCUT2D eigenvalue weighted by Gasteiger charge is 2.44. The van der Waals surface area contributed by atoms with Gasteiger partial charge in [-0.05, 0) is 45.4 Å². The maximum Gasteiger partial charge on any atom is 0.391 e. The number of nitrogens with zero attached hydrogens (tertiary/aromatic N) is 1. The Balaban J connectivity index is 1.57. The van der Waals surface area contributed by atoms with Crippen molar-refractivity contribution < 1.29 is 32.5 Å². The number of aliphatic hydroxyl groups is 1. The van der Waals surface area contributed by atoms with E-state index in [0.717, 1.165) is 25.7 Å². The Kier molecular flexibility index (Phi) is 7.13. The van der Waals surface area contributed by atoms with E-state index < -0.39 is 30.5 Å². The standard InChI is InChI=1S/C20H33F3N2O4/c1-13(28-11-19-7-3-16(4-8-19)29-12-19)17(24-14(2)26)18(27)25-9-5-15(6-10-25)20(21,22)23/h13,15-18,27H,3-12H2,1-2H3,(H,24,26). The first-order chi connectivity index (χ1) is 13.6. The maximum absolute atomic E-state index is 12.9. The summed E-state index contributed by atoms with van der Waals surface area (Å²) in [4.78, 5) is 13.3. The van der Waals surface area contributed by atoms with Crippen molar-refractivity contribution in [2.45, 2.75) is 83.0 Å². The van der Waals surface area contributed by atoms with Crippen LogP contribution in [0, 0.1) is 11.3 Å². The molecule has 0 aromatic carbocycles. The van der Waals surface area contributed by atoms with Crippen molar-refractivity contribution in [1.82, 2.24) is 10.2 Å². The summed E-state index contributed by atoms with van der Waals surface area (Å²) in [6.07, 6.45) is -1.37. The van der Waals surface area contributed by atoms with Crippen LogP contribution in [-0.2, 0) is 14.3 Å². The monoisotopic (exact) mass is 422 g/mol. The zero-order valence-electron chi connectivity index (χ0n) is 17.2. The van der Waals surface area contributed by atoms with E-state index in [9.17, 15) is 23.1 Å². The summed E-state index contributed by atoms with van der Waals surface area (Å²) < 4.78 is 50.6. The van der Waals surface area contributed by atoms with E-state index in [4.69, 9.17) is 9.47 Å². The molecule has 3 aliphatic heterocycles. The number of alkyl halides is 3. The number of carbonyl (C=O) groups is 1. The number of nitrogens with one attached hydrogen (secondary N) is 1. The van der Waals surface area contributed by atoms with Gasteiger partial charge in [0.2, 0.25) is 5.91 Å². The largest absolute Gasteiger partial charge is 0.391 e. The van der Waals surface area contributed by atoms with Crippen LogP contribution < -0.4 is 5.32 Å². The number of piperidine rings is 1. The minimum absolute atomic E-state index is 0.0141. The third-order valence-corrected chi connectivity index (χ3v) is 6.83. The number of hydrogen-bond donors (Lipinski definition) is 2. The summed E-state index contributed by atoms with van der Waals surface area (Å²) in [5.74, 6) is -1.64. The summed E-state index contributed by atoms with van der Waals surface area (Å²) in [5.41, 5.74) is -0.0141. The molecule has 4 rings (SSSR count). The van der Waals surface area contributed by atoms with E-state index in [-0.39, 0.29) is 37.3 Å². The minimum atomic E-state index is -4.20. The van der Waals surface area contributed by atoms with Crippen molar-refractivity contribution in [3.63, 3.8) is 0 Å². The number of aliphatic hydroxyl groups excluding tert-OH is 1. The average Bonchev–Trinajstić information content (AvgIpc) is 2.70. The molecule has 4 fully saturated rings. The fraction of sp³-hybridized carbons (Fsp3) is 0.950. The Morgan fingerprint density at radius 2 is 1.90 bits per heavy atom. The lowest BCUT2D eigenvalue weighted by molar-refractivity contribution is -0.193. The molecule has 2 N–H and O–H groups in total. The van der Waals surface area contributed by atoms with E-state index in [1.54, 1.807) is 11.8 Å². The second kappa shape index (κ2) is 9.08. The van der Waals surface area contributed by atoms with Crippen LogP contribution in [-0.4, -0.2) is 72.9 Å². The highest BCUT2D eigenvalue weighted by atomic mass is 19.4. The third kappa shape index (κ3) is 5.62. The van der Waals surface area contributed by atoms with Crippen LogP contribution in [0.3, 0.4) is 0 Å². The SMILES string of the molecule is CC(=O)NC(C(C)OCC12CCC(CC1)OC2)C(O)N1CCC(C(F)(F)F)CC1. The molecule has 3 saturated heterocycles. The summed E-state index contributed by atoms with van der Waals surface area (Å²) in [6.45, 7) is 4.57. The van der Waals surface area contributed by atoms with Crippen LogP contribution in [0.5, 0.6) is 0 Å². The van der Waals surface area contributed by atoms with Gasteiger partial charge in [0, 0.05) is 25.4 Å². The molecule has 4 aliphatic rings. The van der Waals surface area contributed by atoms with Gasteiger partial charge in [0.1, 0.15) is 6.23 Å². The van der Waals surface area contributed by atoms with Gasteiger partial charge in [-0.1, -0.05) is 0 Å². The molecular formula is C20H33F3N2O4. The van der Waals surface area contributed by atoms with Crippen LogP contribution in [0.25, 0.3) is 0 Å². The van der Waals surface area contributed by atoms with Crippen molar-refractivity contribution >= 4 is 5.91 Å². The van der Waals surface area contributed by atoms with E-state index in [1.165, 1.54) is 6.92 Å². The quantitative estimate of drug-likeness (QED) is 0.660. The zero-order chi connectivity index (χ0) is 21.2. The molecule has 2 bridgehead atoms. The van der Waals surface area contributed by atoms with Crippen molar-refractivity contribution in [3.8, 4) is 0 Å². The number of hydrogen-bond acceptors (Lipinski definition) is 5. The molecule has 168 valence electrons. The van der Waals surface area contributed by atoms with Crippen LogP contribution in [0.2, 0.25) is 0 Å². The van der Waals surface area contributed by atoms with Crippen molar-refractivity contribution in [3.05, 3.63) is 0 Å². The average molecular weight is 422 g/mol. The van der Waals surface area contributed by atoms with Crippen LogP contribution in [0.1, 0.15) is 52.4 Å². The molecule has 1 aliphatic carbocycles. The zero-order valence-corrected chi connectivity index (χ0v) is 17.2. The number of amides is 1. The van der Waals surface area contributed by atoms with Gasteiger partial charge in [-0.2, -0.15) is 13.2 Å². The Morgan fingerprint density at radius 1 is 1.28 bits per heavy atom. The summed E-state index contributed by atoms with van der Waals surface area (Å²) in [5, 5.41) is 13.6. The maximum atomic E-state index is 12.9. The fourth-order valence-corrected chi connectivity index (χ4v) is 4.79. The number of fused-ring (bicyclic) bond motifs is 3. The van der Waals surface area contributed by atoms with Gasteiger partial charge < -0.3 is 19.9 Å². The molecule has 1 amide bonds. The number of halogens is 3. The molecule has 0 aromatic heterocycles. The molecule has 3 heterocycles. The molecule has 0 aromatic rings. The third-order valence-electron chi connectivity index (χ3n) is 6.83. The van der Waals surface area contributed by atoms with E-state index in [2.05, 4.69) is 5.32 Å². The summed E-state index contributed by atoms with van der Waals surface area (Å²) in [6, 6.07) is -0.716. The highest BCUT2D eigenvalue weighted by molar-refractivity contribution is 5.73. The van der Waals surface area contributed by atoms with Gasteiger partial charge in [-0.25, -0.2) is 0 Å². The van der Waals surface area contributed by atoms with Gasteiger partial charge in [-0.3, -0.25) is 9.69 Å². The first-order valence-electron chi connectivity index (χ1n) is 10.6. The lowest BCUT2D eigenvalue weighted by Gasteiger charge is -2.47. The Morgan fingerprint density at radius 3 is 2.38 bits per heavy atom. The van der Waals surface area contributed by atoms with E-state index >= 15 is 0 Å². The van der Waals surface area contributed by atoms with Crippen molar-refractivity contribution in [1.29, 1.82) is 0 Å². The smallest absolute Gasteiger partial charge is 0.378 e. The predicted molar refractivity (Wildman–Crippen MR) is 100 cm³/mol. The summed E-state index contributed by atoms with van der Waals surface area (Å²) in [7, 11) is 0. The van der Waals surface area contributed by atoms with Gasteiger partial charge >= 0.3 is 6.18 Å². The molecule has 6 nitrogen and oxygen atoms in total.